The molecule has 0 bridgehead atoms. The molecule has 20 heavy (non-hydrogen) atoms. The number of hydrogen-bond donors (Lipinski definition) is 3. The molecule has 0 amide bonds. The van der Waals surface area contributed by atoms with E-state index in [2.05, 4.69) is 21.4 Å². The van der Waals surface area contributed by atoms with Crippen LogP contribution in [0.15, 0.2) is 46.9 Å². The van der Waals surface area contributed by atoms with Crippen LogP contribution in [0.5, 0.6) is 5.75 Å². The number of anilines is 1. The summed E-state index contributed by atoms with van der Waals surface area (Å²) in [6.07, 6.45) is 0.711. The van der Waals surface area contributed by atoms with Gasteiger partial charge in [-0.3, -0.25) is 11.3 Å². The van der Waals surface area contributed by atoms with Crippen molar-refractivity contribution in [2.75, 3.05) is 12.8 Å². The summed E-state index contributed by atoms with van der Waals surface area (Å²) >= 11 is 3.55. The predicted molar refractivity (Wildman–Crippen MR) is 85.3 cm³/mol. The Bertz CT molecular complexity index is 589. The zero-order chi connectivity index (χ0) is 14.5. The van der Waals surface area contributed by atoms with Gasteiger partial charge in [0.25, 0.3) is 0 Å². The van der Waals surface area contributed by atoms with E-state index in [1.165, 1.54) is 0 Å². The molecule has 1 unspecified atom stereocenters. The molecule has 0 heterocycles. The number of hydrazine groups is 1. The van der Waals surface area contributed by atoms with Crippen LogP contribution in [0.3, 0.4) is 0 Å². The van der Waals surface area contributed by atoms with Crippen LogP contribution in [0.1, 0.15) is 17.2 Å². The fraction of sp³-hybridized carbons (Fsp3) is 0.200. The summed E-state index contributed by atoms with van der Waals surface area (Å²) in [6.45, 7) is 0. The van der Waals surface area contributed by atoms with E-state index in [-0.39, 0.29) is 6.04 Å². The molecule has 0 spiro atoms. The fourth-order valence-corrected chi connectivity index (χ4v) is 2.55. The summed E-state index contributed by atoms with van der Waals surface area (Å²) < 4.78 is 6.28. The molecule has 5 heteroatoms. The summed E-state index contributed by atoms with van der Waals surface area (Å²) in [5.41, 5.74) is 11.7. The van der Waals surface area contributed by atoms with E-state index in [9.17, 15) is 0 Å². The molecule has 106 valence electrons. The van der Waals surface area contributed by atoms with Crippen LogP contribution in [0.2, 0.25) is 0 Å². The van der Waals surface area contributed by atoms with Crippen molar-refractivity contribution in [2.24, 2.45) is 5.84 Å². The Morgan fingerprint density at radius 1 is 1.25 bits per heavy atom. The molecule has 0 aromatic heterocycles. The van der Waals surface area contributed by atoms with Crippen LogP contribution in [0.25, 0.3) is 0 Å². The van der Waals surface area contributed by atoms with Gasteiger partial charge in [-0.15, -0.1) is 0 Å². The average Bonchev–Trinajstić information content (AvgIpc) is 2.47. The number of rotatable bonds is 5. The quantitative estimate of drug-likeness (QED) is 0.446. The lowest BCUT2D eigenvalue weighted by molar-refractivity contribution is 0.413. The van der Waals surface area contributed by atoms with Gasteiger partial charge < -0.3 is 10.5 Å². The highest BCUT2D eigenvalue weighted by Crippen LogP contribution is 2.29. The molecular weight excluding hydrogens is 318 g/mol. The maximum atomic E-state index is 6.01. The first kappa shape index (κ1) is 14.8. The number of halogens is 1. The average molecular weight is 336 g/mol. The van der Waals surface area contributed by atoms with Crippen LogP contribution in [-0.4, -0.2) is 7.11 Å². The van der Waals surface area contributed by atoms with E-state index < -0.39 is 0 Å². The molecule has 2 aromatic rings. The van der Waals surface area contributed by atoms with Gasteiger partial charge in [0, 0.05) is 10.2 Å². The molecule has 5 N–H and O–H groups in total. The summed E-state index contributed by atoms with van der Waals surface area (Å²) in [6, 6.07) is 13.5. The first-order chi connectivity index (χ1) is 9.65. The zero-order valence-corrected chi connectivity index (χ0v) is 12.9. The van der Waals surface area contributed by atoms with Gasteiger partial charge in [0.15, 0.2) is 0 Å². The minimum absolute atomic E-state index is 0.0559. The molecule has 0 aliphatic rings. The second-order valence-corrected chi connectivity index (χ2v) is 5.36. The van der Waals surface area contributed by atoms with Gasteiger partial charge in [-0.05, 0) is 41.8 Å². The number of hydrogen-bond acceptors (Lipinski definition) is 4. The molecule has 0 saturated heterocycles. The van der Waals surface area contributed by atoms with E-state index in [0.29, 0.717) is 6.42 Å². The monoisotopic (exact) mass is 335 g/mol. The lowest BCUT2D eigenvalue weighted by Crippen LogP contribution is -2.30. The van der Waals surface area contributed by atoms with E-state index in [1.807, 2.05) is 42.5 Å². The first-order valence-electron chi connectivity index (χ1n) is 6.28. The molecule has 0 aliphatic carbocycles. The molecule has 4 nitrogen and oxygen atoms in total. The van der Waals surface area contributed by atoms with Crippen LogP contribution in [0, 0.1) is 0 Å². The molecule has 1 atom stereocenters. The van der Waals surface area contributed by atoms with Gasteiger partial charge in [0.1, 0.15) is 5.75 Å². The Kier molecular flexibility index (Phi) is 5.00. The number of methoxy groups -OCH3 is 1. The van der Waals surface area contributed by atoms with Gasteiger partial charge in [-0.25, -0.2) is 0 Å². The second-order valence-electron chi connectivity index (χ2n) is 4.51. The smallest absolute Gasteiger partial charge is 0.119 e. The van der Waals surface area contributed by atoms with Crippen molar-refractivity contribution < 1.29 is 4.74 Å². The van der Waals surface area contributed by atoms with E-state index >= 15 is 0 Å². The lowest BCUT2D eigenvalue weighted by Gasteiger charge is -2.19. The summed E-state index contributed by atoms with van der Waals surface area (Å²) in [7, 11) is 1.65. The van der Waals surface area contributed by atoms with E-state index in [1.54, 1.807) is 7.11 Å². The molecule has 0 radical (unpaired) electrons. The number of nitrogens with one attached hydrogen (secondary N) is 1. The summed E-state index contributed by atoms with van der Waals surface area (Å²) in [5.74, 6) is 6.51. The number of nitrogen functional groups attached to an aromatic ring is 1. The van der Waals surface area contributed by atoms with Crippen molar-refractivity contribution in [2.45, 2.75) is 12.5 Å². The van der Waals surface area contributed by atoms with Crippen molar-refractivity contribution in [3.05, 3.63) is 58.1 Å². The maximum Gasteiger partial charge on any atom is 0.119 e. The predicted octanol–water partition coefficient (Wildman–Crippen LogP) is 2.79. The van der Waals surface area contributed by atoms with Gasteiger partial charge in [-0.2, -0.15) is 0 Å². The number of ether oxygens (including phenoxy) is 1. The molecule has 2 rings (SSSR count). The Labute approximate surface area is 127 Å². The van der Waals surface area contributed by atoms with Crippen LogP contribution < -0.4 is 21.7 Å². The van der Waals surface area contributed by atoms with Crippen LogP contribution in [0.4, 0.5) is 5.69 Å². The Morgan fingerprint density at radius 2 is 2.00 bits per heavy atom. The number of benzene rings is 2. The third-order valence-electron chi connectivity index (χ3n) is 3.25. The highest BCUT2D eigenvalue weighted by atomic mass is 79.9. The van der Waals surface area contributed by atoms with Crippen molar-refractivity contribution in [3.8, 4) is 5.75 Å². The third-order valence-corrected chi connectivity index (χ3v) is 4.02. The largest absolute Gasteiger partial charge is 0.497 e. The van der Waals surface area contributed by atoms with Crippen molar-refractivity contribution in [1.29, 1.82) is 0 Å². The zero-order valence-electron chi connectivity index (χ0n) is 11.3. The molecule has 0 aliphatic heterocycles. The van der Waals surface area contributed by atoms with Crippen molar-refractivity contribution in [1.82, 2.24) is 5.43 Å². The van der Waals surface area contributed by atoms with Gasteiger partial charge in [0.05, 0.1) is 13.2 Å². The standard InChI is InChI=1S/C15H18BrN3O/c1-20-11-6-7-13(16)10(8-11)9-15(19-18)12-4-2-3-5-14(12)17/h2-8,15,19H,9,17-18H2,1H3. The topological polar surface area (TPSA) is 73.3 Å². The Morgan fingerprint density at radius 3 is 2.65 bits per heavy atom. The fourth-order valence-electron chi connectivity index (χ4n) is 2.14. The van der Waals surface area contributed by atoms with Crippen LogP contribution >= 0.6 is 15.9 Å². The van der Waals surface area contributed by atoms with Crippen molar-refractivity contribution >= 4 is 21.6 Å². The minimum Gasteiger partial charge on any atom is -0.497 e. The van der Waals surface area contributed by atoms with Gasteiger partial charge in [-0.1, -0.05) is 34.1 Å². The SMILES string of the molecule is COc1ccc(Br)c(CC(NN)c2ccccc2N)c1. The summed E-state index contributed by atoms with van der Waals surface area (Å²) in [5, 5.41) is 0. The van der Waals surface area contributed by atoms with Gasteiger partial charge >= 0.3 is 0 Å². The molecule has 0 fully saturated rings. The van der Waals surface area contributed by atoms with E-state index in [0.717, 1.165) is 27.0 Å². The number of para-hydroxylation sites is 1. The number of nitrogens with two attached hydrogens (primary N) is 2. The molecular formula is C15H18BrN3O. The lowest BCUT2D eigenvalue weighted by atomic mass is 9.98. The third kappa shape index (κ3) is 3.30. The summed E-state index contributed by atoms with van der Waals surface area (Å²) in [4.78, 5) is 0. The molecule has 2 aromatic carbocycles. The van der Waals surface area contributed by atoms with Gasteiger partial charge in [0.2, 0.25) is 0 Å². The van der Waals surface area contributed by atoms with Crippen LogP contribution in [-0.2, 0) is 6.42 Å². The minimum atomic E-state index is -0.0559. The Hall–Kier alpha value is -1.56. The normalized spacial score (nSPS) is 12.2. The molecule has 0 saturated carbocycles. The highest BCUT2D eigenvalue weighted by Gasteiger charge is 2.15. The highest BCUT2D eigenvalue weighted by molar-refractivity contribution is 9.10. The first-order valence-corrected chi connectivity index (χ1v) is 7.08. The van der Waals surface area contributed by atoms with Crippen molar-refractivity contribution in [3.63, 3.8) is 0 Å². The second kappa shape index (κ2) is 6.74. The van der Waals surface area contributed by atoms with E-state index in [4.69, 9.17) is 16.3 Å². The Balaban J connectivity index is 2.29. The maximum absolute atomic E-state index is 6.01.